The molecule has 0 saturated heterocycles. The first-order valence-electron chi connectivity index (χ1n) is 6.54. The van der Waals surface area contributed by atoms with Crippen LogP contribution in [0.25, 0.3) is 0 Å². The number of nitro groups is 1. The van der Waals surface area contributed by atoms with Crippen molar-refractivity contribution >= 4 is 34.0 Å². The van der Waals surface area contributed by atoms with E-state index >= 15 is 0 Å². The number of nitrogens with two attached hydrogens (primary N) is 1. The molecule has 6 nitrogen and oxygen atoms in total. The summed E-state index contributed by atoms with van der Waals surface area (Å²) in [5.74, 6) is -0.521. The van der Waals surface area contributed by atoms with Gasteiger partial charge in [-0.1, -0.05) is 46.3 Å². The van der Waals surface area contributed by atoms with Crippen LogP contribution < -0.4 is 5.73 Å². The van der Waals surface area contributed by atoms with E-state index in [1.807, 2.05) is 30.3 Å². The lowest BCUT2D eigenvalue weighted by atomic mass is 9.96. The lowest BCUT2D eigenvalue weighted by Crippen LogP contribution is -2.28. The number of rotatable bonds is 5. The Hall–Kier alpha value is -1.67. The third kappa shape index (κ3) is 4.65. The molecule has 2 atom stereocenters. The van der Waals surface area contributed by atoms with Crippen LogP contribution in [0.1, 0.15) is 17.2 Å². The normalized spacial score (nSPS) is 13.0. The smallest absolute Gasteiger partial charge is 0.312 e. The van der Waals surface area contributed by atoms with Gasteiger partial charge in [-0.2, -0.15) is 0 Å². The van der Waals surface area contributed by atoms with Gasteiger partial charge in [0.15, 0.2) is 5.75 Å². The first-order valence-corrected chi connectivity index (χ1v) is 7.34. The van der Waals surface area contributed by atoms with E-state index in [0.717, 1.165) is 5.56 Å². The summed E-state index contributed by atoms with van der Waals surface area (Å²) in [6.45, 7) is 0. The van der Waals surface area contributed by atoms with Gasteiger partial charge < -0.3 is 15.9 Å². The number of nitro benzene ring substituents is 1. The quantitative estimate of drug-likeness (QED) is 0.525. The summed E-state index contributed by atoms with van der Waals surface area (Å²) in [5.41, 5.74) is 6.53. The first kappa shape index (κ1) is 19.4. The fourth-order valence-electron chi connectivity index (χ4n) is 2.19. The number of aliphatic hydroxyl groups is 1. The van der Waals surface area contributed by atoms with Gasteiger partial charge >= 0.3 is 5.69 Å². The van der Waals surface area contributed by atoms with Crippen LogP contribution in [-0.4, -0.2) is 21.2 Å². The second-order valence-electron chi connectivity index (χ2n) is 4.90. The molecule has 0 aliphatic rings. The van der Waals surface area contributed by atoms with E-state index in [2.05, 4.69) is 15.9 Å². The number of hydrogen-bond donors (Lipinski definition) is 3. The number of hydrogen-bond acceptors (Lipinski definition) is 5. The van der Waals surface area contributed by atoms with Crippen molar-refractivity contribution in [3.63, 3.8) is 0 Å². The molecule has 2 rings (SSSR count). The fraction of sp³-hybridized carbons (Fsp3) is 0.200. The Morgan fingerprint density at radius 1 is 1.26 bits per heavy atom. The lowest BCUT2D eigenvalue weighted by molar-refractivity contribution is -0.386. The molecule has 124 valence electrons. The molecule has 2 aromatic rings. The number of aliphatic hydroxyl groups excluding tert-OH is 1. The Morgan fingerprint density at radius 2 is 1.87 bits per heavy atom. The summed E-state index contributed by atoms with van der Waals surface area (Å²) in [6, 6.07) is 11.0. The molecule has 0 heterocycles. The minimum Gasteiger partial charge on any atom is -0.502 e. The zero-order valence-electron chi connectivity index (χ0n) is 11.9. The van der Waals surface area contributed by atoms with Crippen LogP contribution in [-0.2, 0) is 6.42 Å². The minimum atomic E-state index is -0.984. The van der Waals surface area contributed by atoms with Gasteiger partial charge in [-0.05, 0) is 11.6 Å². The van der Waals surface area contributed by atoms with Gasteiger partial charge in [-0.15, -0.1) is 12.4 Å². The molecule has 4 N–H and O–H groups in total. The van der Waals surface area contributed by atoms with E-state index in [1.54, 1.807) is 0 Å². The molecule has 0 fully saturated rings. The van der Waals surface area contributed by atoms with Crippen LogP contribution >= 0.6 is 28.3 Å². The molecular weight excluding hydrogens is 388 g/mol. The zero-order valence-corrected chi connectivity index (χ0v) is 14.3. The van der Waals surface area contributed by atoms with Crippen molar-refractivity contribution in [2.24, 2.45) is 5.73 Å². The van der Waals surface area contributed by atoms with Gasteiger partial charge in [0.05, 0.1) is 17.1 Å². The van der Waals surface area contributed by atoms with Gasteiger partial charge in [0.25, 0.3) is 0 Å². The Labute approximate surface area is 147 Å². The van der Waals surface area contributed by atoms with Crippen molar-refractivity contribution in [2.75, 3.05) is 0 Å². The number of phenols is 1. The lowest BCUT2D eigenvalue weighted by Gasteiger charge is -2.20. The number of nitrogens with zero attached hydrogens (tertiary/aromatic N) is 1. The average molecular weight is 404 g/mol. The molecular formula is C15H16BrClN2O4. The van der Waals surface area contributed by atoms with Crippen molar-refractivity contribution in [3.8, 4) is 5.75 Å². The van der Waals surface area contributed by atoms with E-state index in [4.69, 9.17) is 5.73 Å². The standard InChI is InChI=1S/C15H15BrN2O4.ClH/c16-10-7-11(15(20)12(8-10)18(21)22)14(17)13(19)6-9-4-2-1-3-5-9;/h1-5,7-8,13-14,19-20H,6,17H2;1H/t13-,14+;/m0./s1. The highest BCUT2D eigenvalue weighted by Crippen LogP contribution is 2.37. The molecule has 8 heteroatoms. The molecule has 0 aliphatic carbocycles. The van der Waals surface area contributed by atoms with Crippen LogP contribution in [0.5, 0.6) is 5.75 Å². The molecule has 2 aromatic carbocycles. The van der Waals surface area contributed by atoms with Gasteiger partial charge in [0.1, 0.15) is 0 Å². The van der Waals surface area contributed by atoms with E-state index in [0.29, 0.717) is 4.47 Å². The number of phenolic OH excluding ortho intramolecular Hbond substituents is 1. The van der Waals surface area contributed by atoms with E-state index in [9.17, 15) is 20.3 Å². The minimum absolute atomic E-state index is 0. The second kappa shape index (κ2) is 8.26. The third-order valence-corrected chi connectivity index (χ3v) is 3.80. The zero-order chi connectivity index (χ0) is 16.3. The topological polar surface area (TPSA) is 110 Å². The van der Waals surface area contributed by atoms with Crippen molar-refractivity contribution in [1.29, 1.82) is 0 Å². The highest BCUT2D eigenvalue weighted by atomic mass is 79.9. The van der Waals surface area contributed by atoms with Crippen molar-refractivity contribution in [3.05, 3.63) is 68.2 Å². The average Bonchev–Trinajstić information content (AvgIpc) is 2.49. The molecule has 0 aliphatic heterocycles. The van der Waals surface area contributed by atoms with Gasteiger partial charge in [0.2, 0.25) is 0 Å². The molecule has 0 saturated carbocycles. The fourth-order valence-corrected chi connectivity index (χ4v) is 2.65. The number of aromatic hydroxyl groups is 1. The maximum absolute atomic E-state index is 10.9. The summed E-state index contributed by atoms with van der Waals surface area (Å²) < 4.78 is 0.411. The monoisotopic (exact) mass is 402 g/mol. The highest BCUT2D eigenvalue weighted by molar-refractivity contribution is 9.10. The Kier molecular flexibility index (Phi) is 6.96. The summed E-state index contributed by atoms with van der Waals surface area (Å²) in [5, 5.41) is 31.2. The van der Waals surface area contributed by atoms with Crippen LogP contribution in [0.15, 0.2) is 46.9 Å². The van der Waals surface area contributed by atoms with Crippen LogP contribution in [0.3, 0.4) is 0 Å². The number of halogens is 2. The molecule has 0 unspecified atom stereocenters. The predicted molar refractivity (Wildman–Crippen MR) is 92.8 cm³/mol. The molecule has 0 spiro atoms. The predicted octanol–water partition coefficient (Wildman–Crippen LogP) is 3.09. The highest BCUT2D eigenvalue weighted by Gasteiger charge is 2.26. The SMILES string of the molecule is Cl.N[C@H](c1cc(Br)cc([N+](=O)[O-])c1O)[C@@H](O)Cc1ccccc1. The Bertz CT molecular complexity index is 685. The van der Waals surface area contributed by atoms with Gasteiger partial charge in [-0.25, -0.2) is 0 Å². The van der Waals surface area contributed by atoms with Gasteiger partial charge in [-0.3, -0.25) is 10.1 Å². The van der Waals surface area contributed by atoms with E-state index in [-0.39, 0.29) is 24.4 Å². The largest absolute Gasteiger partial charge is 0.502 e. The number of benzene rings is 2. The molecule has 0 amide bonds. The Morgan fingerprint density at radius 3 is 2.43 bits per heavy atom. The van der Waals surface area contributed by atoms with Crippen LogP contribution in [0.4, 0.5) is 5.69 Å². The summed E-state index contributed by atoms with van der Waals surface area (Å²) in [4.78, 5) is 10.2. The van der Waals surface area contributed by atoms with Crippen molar-refractivity contribution < 1.29 is 15.1 Å². The molecule has 0 radical (unpaired) electrons. The molecule has 0 aromatic heterocycles. The summed E-state index contributed by atoms with van der Waals surface area (Å²) in [6.07, 6.45) is -0.705. The molecule has 23 heavy (non-hydrogen) atoms. The van der Waals surface area contributed by atoms with Gasteiger partial charge in [0, 0.05) is 22.5 Å². The van der Waals surface area contributed by atoms with Crippen molar-refractivity contribution in [1.82, 2.24) is 0 Å². The van der Waals surface area contributed by atoms with Crippen LogP contribution in [0.2, 0.25) is 0 Å². The van der Waals surface area contributed by atoms with Crippen molar-refractivity contribution in [2.45, 2.75) is 18.6 Å². The van der Waals surface area contributed by atoms with Crippen LogP contribution in [0, 0.1) is 10.1 Å². The Balaban J connectivity index is 0.00000264. The molecule has 0 bridgehead atoms. The first-order chi connectivity index (χ1) is 10.4. The second-order valence-corrected chi connectivity index (χ2v) is 5.82. The maximum atomic E-state index is 10.9. The maximum Gasteiger partial charge on any atom is 0.312 e. The van der Waals surface area contributed by atoms with E-state index in [1.165, 1.54) is 12.1 Å². The summed E-state index contributed by atoms with van der Waals surface area (Å²) >= 11 is 3.15. The van der Waals surface area contributed by atoms with E-state index < -0.39 is 28.5 Å². The third-order valence-electron chi connectivity index (χ3n) is 3.34. The summed E-state index contributed by atoms with van der Waals surface area (Å²) in [7, 11) is 0.